The molecule has 2 aliphatic heterocycles. The van der Waals surface area contributed by atoms with Crippen LogP contribution in [-0.2, 0) is 20.2 Å². The molecule has 4 rings (SSSR count). The van der Waals surface area contributed by atoms with Gasteiger partial charge < -0.3 is 0 Å². The van der Waals surface area contributed by atoms with Crippen molar-refractivity contribution in [3.8, 4) is 0 Å². The zero-order valence-corrected chi connectivity index (χ0v) is 24.5. The molecule has 0 saturated carbocycles. The van der Waals surface area contributed by atoms with Crippen LogP contribution in [0.4, 0.5) is 11.4 Å². The van der Waals surface area contributed by atoms with Gasteiger partial charge in [-0.1, -0.05) is 0 Å². The SMILES string of the molecule is O=S(=O)(O)CCCN1C(=CC=CC2C[Se]c3ccccc3N2CCCS(=O)(=O)O)[Se]c2ccccc21. The maximum atomic E-state index is 11.2. The van der Waals surface area contributed by atoms with E-state index < -0.39 is 20.2 Å². The molecule has 0 amide bonds. The second kappa shape index (κ2) is 11.8. The summed E-state index contributed by atoms with van der Waals surface area (Å²) in [6, 6.07) is 16.4. The summed E-state index contributed by atoms with van der Waals surface area (Å²) in [5, 5.41) is 0.957. The van der Waals surface area contributed by atoms with E-state index in [1.165, 1.54) is 8.92 Å². The Bertz CT molecular complexity index is 1360. The molecule has 0 radical (unpaired) electrons. The van der Waals surface area contributed by atoms with E-state index in [0.717, 1.165) is 21.3 Å². The number of benzene rings is 2. The maximum absolute atomic E-state index is 11.2. The Labute approximate surface area is 225 Å². The molecule has 36 heavy (non-hydrogen) atoms. The van der Waals surface area contributed by atoms with Gasteiger partial charge in [0.05, 0.1) is 0 Å². The minimum absolute atomic E-state index is 0.0807. The third-order valence-corrected chi connectivity index (χ3v) is 12.2. The molecule has 1 unspecified atom stereocenters. The molecule has 8 nitrogen and oxygen atoms in total. The van der Waals surface area contributed by atoms with Crippen LogP contribution in [0.2, 0.25) is 5.32 Å². The zero-order valence-electron chi connectivity index (χ0n) is 19.4. The first kappa shape index (κ1) is 27.4. The van der Waals surface area contributed by atoms with Crippen LogP contribution in [0.25, 0.3) is 0 Å². The first-order valence-electron chi connectivity index (χ1n) is 11.4. The van der Waals surface area contributed by atoms with Gasteiger partial charge >= 0.3 is 226 Å². The number of nitrogens with zero attached hydrogens (tertiary/aromatic N) is 2. The zero-order chi connectivity index (χ0) is 25.8. The minimum atomic E-state index is -4.00. The molecule has 2 aromatic carbocycles. The Hall–Kier alpha value is -1.62. The molecular weight excluding hydrogens is 634 g/mol. The van der Waals surface area contributed by atoms with E-state index in [2.05, 4.69) is 40.2 Å². The molecule has 0 bridgehead atoms. The van der Waals surface area contributed by atoms with Crippen molar-refractivity contribution < 1.29 is 25.9 Å². The summed E-state index contributed by atoms with van der Waals surface area (Å²) in [6.07, 6.45) is 6.94. The first-order valence-corrected chi connectivity index (χ1v) is 18.4. The van der Waals surface area contributed by atoms with Gasteiger partial charge in [-0.05, 0) is 0 Å². The van der Waals surface area contributed by atoms with E-state index in [-0.39, 0.29) is 32.5 Å². The summed E-state index contributed by atoms with van der Waals surface area (Å²) in [6.45, 7) is 1.02. The molecule has 0 fully saturated rings. The normalized spacial score (nSPS) is 19.2. The number of para-hydroxylation sites is 2. The van der Waals surface area contributed by atoms with E-state index in [0.29, 0.717) is 40.9 Å². The van der Waals surface area contributed by atoms with Gasteiger partial charge in [-0.15, -0.1) is 0 Å². The van der Waals surface area contributed by atoms with Crippen molar-refractivity contribution in [3.05, 3.63) is 71.4 Å². The Morgan fingerprint density at radius 2 is 1.47 bits per heavy atom. The number of fused-ring (bicyclic) bond motifs is 2. The van der Waals surface area contributed by atoms with Gasteiger partial charge in [0.2, 0.25) is 0 Å². The average molecular weight is 663 g/mol. The quantitative estimate of drug-likeness (QED) is 0.290. The van der Waals surface area contributed by atoms with Crippen molar-refractivity contribution >= 4 is 70.4 Å². The Morgan fingerprint density at radius 3 is 2.17 bits per heavy atom. The molecule has 0 saturated heterocycles. The van der Waals surface area contributed by atoms with Crippen LogP contribution in [0, 0.1) is 0 Å². The Balaban J connectivity index is 1.52. The molecule has 0 spiro atoms. The van der Waals surface area contributed by atoms with Crippen LogP contribution >= 0.6 is 0 Å². The van der Waals surface area contributed by atoms with E-state index in [1.807, 2.05) is 36.4 Å². The number of allylic oxidation sites excluding steroid dienone is 2. The van der Waals surface area contributed by atoms with Crippen molar-refractivity contribution in [2.24, 2.45) is 0 Å². The number of anilines is 2. The van der Waals surface area contributed by atoms with Gasteiger partial charge in [0, 0.05) is 0 Å². The summed E-state index contributed by atoms with van der Waals surface area (Å²) < 4.78 is 66.8. The fourth-order valence-corrected chi connectivity index (χ4v) is 9.91. The van der Waals surface area contributed by atoms with Crippen LogP contribution in [0.5, 0.6) is 0 Å². The van der Waals surface area contributed by atoms with E-state index in [4.69, 9.17) is 9.11 Å². The van der Waals surface area contributed by atoms with E-state index >= 15 is 0 Å². The van der Waals surface area contributed by atoms with Crippen LogP contribution in [-0.4, -0.2) is 86.5 Å². The third-order valence-electron chi connectivity index (χ3n) is 5.78. The third kappa shape index (κ3) is 7.46. The predicted octanol–water partition coefficient (Wildman–Crippen LogP) is 1.43. The second-order valence-electron chi connectivity index (χ2n) is 8.43. The molecule has 2 aliphatic rings. The van der Waals surface area contributed by atoms with Gasteiger partial charge in [0.15, 0.2) is 0 Å². The Morgan fingerprint density at radius 1 is 0.861 bits per heavy atom. The fraction of sp³-hybridized carbons (Fsp3) is 0.333. The summed E-state index contributed by atoms with van der Waals surface area (Å²) >= 11 is 0.380. The molecule has 1 atom stereocenters. The van der Waals surface area contributed by atoms with Crippen molar-refractivity contribution in [1.82, 2.24) is 0 Å². The van der Waals surface area contributed by atoms with E-state index in [9.17, 15) is 16.8 Å². The first-order chi connectivity index (χ1) is 17.1. The topological polar surface area (TPSA) is 115 Å². The molecule has 0 aromatic heterocycles. The second-order valence-corrected chi connectivity index (χ2v) is 16.0. The van der Waals surface area contributed by atoms with E-state index in [1.54, 1.807) is 0 Å². The van der Waals surface area contributed by atoms with Gasteiger partial charge in [0.1, 0.15) is 0 Å². The van der Waals surface area contributed by atoms with Gasteiger partial charge in [0.25, 0.3) is 0 Å². The molecule has 12 heteroatoms. The number of hydrogen-bond donors (Lipinski definition) is 2. The molecule has 0 aliphatic carbocycles. The van der Waals surface area contributed by atoms with Crippen LogP contribution in [0.3, 0.4) is 0 Å². The van der Waals surface area contributed by atoms with Gasteiger partial charge in [-0.3, -0.25) is 0 Å². The molecule has 2 N–H and O–H groups in total. The monoisotopic (exact) mass is 664 g/mol. The van der Waals surface area contributed by atoms with Crippen molar-refractivity contribution in [1.29, 1.82) is 0 Å². The summed E-state index contributed by atoms with van der Waals surface area (Å²) in [7, 11) is -8.01. The van der Waals surface area contributed by atoms with Gasteiger partial charge in [-0.2, -0.15) is 0 Å². The molecule has 2 aromatic rings. The number of hydrogen-bond acceptors (Lipinski definition) is 6. The summed E-state index contributed by atoms with van der Waals surface area (Å²) in [5.74, 6) is -0.541. The van der Waals surface area contributed by atoms with Crippen molar-refractivity contribution in [2.75, 3.05) is 34.4 Å². The molecule has 194 valence electrons. The standard InChI is InChI=1S/C24H28N2O6S2Se2/c27-33(28,29)16-6-14-25-19(18-35-22-11-3-1-9-20(22)25)8-5-13-24-26(15-7-17-34(30,31)32)21-10-2-4-12-23(21)36-24/h1-5,8-13,19H,6-7,14-18H2,(H,27,28,29)(H,30,31,32). The van der Waals surface area contributed by atoms with Crippen molar-refractivity contribution in [3.63, 3.8) is 0 Å². The number of rotatable bonds is 10. The summed E-state index contributed by atoms with van der Waals surface area (Å²) in [5.41, 5.74) is 2.19. The van der Waals surface area contributed by atoms with Crippen LogP contribution < -0.4 is 18.7 Å². The fourth-order valence-electron chi connectivity index (χ4n) is 4.20. The van der Waals surface area contributed by atoms with Gasteiger partial charge in [-0.25, -0.2) is 0 Å². The summed E-state index contributed by atoms with van der Waals surface area (Å²) in [4.78, 5) is 4.36. The average Bonchev–Trinajstić information content (AvgIpc) is 3.16. The molecule has 2 heterocycles. The van der Waals surface area contributed by atoms with Crippen LogP contribution in [0.15, 0.2) is 71.4 Å². The Kier molecular flexibility index (Phi) is 9.01. The van der Waals surface area contributed by atoms with Crippen molar-refractivity contribution in [2.45, 2.75) is 24.2 Å². The molecular formula is C24H28N2O6S2Se2. The van der Waals surface area contributed by atoms with Crippen LogP contribution in [0.1, 0.15) is 12.8 Å². The predicted molar refractivity (Wildman–Crippen MR) is 146 cm³/mol.